The zero-order valence-corrected chi connectivity index (χ0v) is 13.4. The topological polar surface area (TPSA) is 103 Å². The van der Waals surface area contributed by atoms with Crippen LogP contribution in [0.25, 0.3) is 0 Å². The van der Waals surface area contributed by atoms with Crippen LogP contribution in [0.15, 0.2) is 30.3 Å². The molecule has 7 nitrogen and oxygen atoms in total. The van der Waals surface area contributed by atoms with Crippen LogP contribution in [0.4, 0.5) is 5.69 Å². The summed E-state index contributed by atoms with van der Waals surface area (Å²) in [4.78, 5) is 26.7. The van der Waals surface area contributed by atoms with Gasteiger partial charge in [-0.1, -0.05) is 0 Å². The fraction of sp³-hybridized carbons (Fsp3) is 0.111. The lowest BCUT2D eigenvalue weighted by Gasteiger charge is -2.19. The van der Waals surface area contributed by atoms with Crippen molar-refractivity contribution in [2.75, 3.05) is 19.0 Å². The van der Waals surface area contributed by atoms with Gasteiger partial charge in [-0.3, -0.25) is 0 Å². The minimum absolute atomic E-state index is 0.0488. The molecule has 0 saturated carbocycles. The second kappa shape index (κ2) is 5.99. The molecule has 1 heterocycles. The molecule has 0 fully saturated rings. The summed E-state index contributed by atoms with van der Waals surface area (Å²) in [5.74, 6) is -1.73. The van der Waals surface area contributed by atoms with Gasteiger partial charge in [0.25, 0.3) is 0 Å². The maximum Gasteiger partial charge on any atom is 0.347 e. The highest BCUT2D eigenvalue weighted by Gasteiger charge is 2.29. The van der Waals surface area contributed by atoms with Gasteiger partial charge in [0.1, 0.15) is 22.9 Å². The summed E-state index contributed by atoms with van der Waals surface area (Å²) in [6, 6.07) is 10.9. The highest BCUT2D eigenvalue weighted by molar-refractivity contribution is 6.02. The van der Waals surface area contributed by atoms with Crippen LogP contribution in [-0.2, 0) is 0 Å². The average Bonchev–Trinajstić information content (AvgIpc) is 2.60. The Balaban J connectivity index is 2.19. The summed E-state index contributed by atoms with van der Waals surface area (Å²) in [5.41, 5.74) is 0.644. The van der Waals surface area contributed by atoms with Crippen LogP contribution in [0.2, 0.25) is 0 Å². The largest absolute Gasteiger partial charge is 0.422 e. The molecule has 0 bridgehead atoms. The smallest absolute Gasteiger partial charge is 0.347 e. The minimum Gasteiger partial charge on any atom is -0.422 e. The van der Waals surface area contributed by atoms with Crippen LogP contribution < -0.4 is 14.4 Å². The first-order chi connectivity index (χ1) is 11.9. The van der Waals surface area contributed by atoms with E-state index in [1.54, 1.807) is 31.1 Å². The first kappa shape index (κ1) is 16.0. The lowest BCUT2D eigenvalue weighted by molar-refractivity contribution is 0.0668. The van der Waals surface area contributed by atoms with Gasteiger partial charge in [0, 0.05) is 25.8 Å². The highest BCUT2D eigenvalue weighted by atomic mass is 16.6. The molecule has 3 rings (SSSR count). The van der Waals surface area contributed by atoms with Crippen LogP contribution in [0.5, 0.6) is 11.5 Å². The number of fused-ring (bicyclic) bond motifs is 2. The fourth-order valence-corrected chi connectivity index (χ4v) is 2.38. The van der Waals surface area contributed by atoms with E-state index in [1.807, 2.05) is 12.1 Å². The van der Waals surface area contributed by atoms with Crippen LogP contribution >= 0.6 is 0 Å². The molecule has 2 aromatic carbocycles. The average molecular weight is 333 g/mol. The third-order valence-corrected chi connectivity index (χ3v) is 3.66. The van der Waals surface area contributed by atoms with Crippen LogP contribution in [0.1, 0.15) is 31.8 Å². The van der Waals surface area contributed by atoms with Crippen molar-refractivity contribution >= 4 is 17.6 Å². The Bertz CT molecular complexity index is 997. The van der Waals surface area contributed by atoms with Crippen molar-refractivity contribution < 1.29 is 19.1 Å². The molecular weight excluding hydrogens is 322 g/mol. The first-order valence-electron chi connectivity index (χ1n) is 7.18. The quantitative estimate of drug-likeness (QED) is 0.582. The number of hydrogen-bond donors (Lipinski definition) is 0. The second-order valence-electron chi connectivity index (χ2n) is 5.48. The summed E-state index contributed by atoms with van der Waals surface area (Å²) in [5, 5.41) is 18.3. The van der Waals surface area contributed by atoms with E-state index in [9.17, 15) is 14.9 Å². The number of ether oxygens (including phenoxy) is 2. The molecule has 0 aliphatic carbocycles. The Morgan fingerprint density at radius 2 is 1.64 bits per heavy atom. The molecule has 0 N–H and O–H groups in total. The maximum absolute atomic E-state index is 12.5. The number of carbonyl (C=O) groups is 2. The van der Waals surface area contributed by atoms with Crippen LogP contribution in [0.3, 0.4) is 0 Å². The van der Waals surface area contributed by atoms with E-state index in [1.165, 1.54) is 18.2 Å². The monoisotopic (exact) mass is 333 g/mol. The van der Waals surface area contributed by atoms with Gasteiger partial charge in [-0.05, 0) is 24.3 Å². The molecule has 122 valence electrons. The molecule has 0 unspecified atom stereocenters. The summed E-state index contributed by atoms with van der Waals surface area (Å²) in [7, 11) is 3.61. The van der Waals surface area contributed by atoms with E-state index in [4.69, 9.17) is 14.7 Å². The molecule has 0 amide bonds. The van der Waals surface area contributed by atoms with E-state index in [-0.39, 0.29) is 33.8 Å². The summed E-state index contributed by atoms with van der Waals surface area (Å²) < 4.78 is 10.6. The van der Waals surface area contributed by atoms with Gasteiger partial charge in [-0.25, -0.2) is 9.59 Å². The Labute approximate surface area is 143 Å². The standard InChI is InChI=1S/C18H11N3O4/c1-21(2)12-3-4-13-15(7-12)24-18(23)14-6-10(8-19)5-11(9-20)16(14)25-17(13)22/h3-7H,1-2H3. The molecule has 0 atom stereocenters. The number of carbonyl (C=O) groups excluding carboxylic acids is 2. The molecule has 0 spiro atoms. The lowest BCUT2D eigenvalue weighted by Crippen LogP contribution is -2.21. The molecule has 25 heavy (non-hydrogen) atoms. The molecule has 2 aromatic rings. The third-order valence-electron chi connectivity index (χ3n) is 3.66. The van der Waals surface area contributed by atoms with Crippen molar-refractivity contribution in [2.24, 2.45) is 0 Å². The Kier molecular flexibility index (Phi) is 3.84. The van der Waals surface area contributed by atoms with E-state index in [0.29, 0.717) is 0 Å². The van der Waals surface area contributed by atoms with Gasteiger partial charge in [0.15, 0.2) is 5.75 Å². The number of nitriles is 2. The third kappa shape index (κ3) is 2.75. The van der Waals surface area contributed by atoms with E-state index in [2.05, 4.69) is 0 Å². The normalized spacial score (nSPS) is 12.3. The predicted octanol–water partition coefficient (Wildman–Crippen LogP) is 2.25. The van der Waals surface area contributed by atoms with Gasteiger partial charge in [-0.2, -0.15) is 10.5 Å². The van der Waals surface area contributed by atoms with Crippen molar-refractivity contribution in [3.63, 3.8) is 0 Å². The zero-order chi connectivity index (χ0) is 18.1. The van der Waals surface area contributed by atoms with E-state index in [0.717, 1.165) is 5.69 Å². The number of hydrogen-bond acceptors (Lipinski definition) is 7. The number of benzene rings is 2. The van der Waals surface area contributed by atoms with Gasteiger partial charge in [0.05, 0.1) is 17.2 Å². The van der Waals surface area contributed by atoms with Gasteiger partial charge < -0.3 is 14.4 Å². The first-order valence-corrected chi connectivity index (χ1v) is 7.18. The second-order valence-corrected chi connectivity index (χ2v) is 5.48. The number of nitrogens with zero attached hydrogens (tertiary/aromatic N) is 3. The fourth-order valence-electron chi connectivity index (χ4n) is 2.38. The summed E-state index contributed by atoms with van der Waals surface area (Å²) in [6.07, 6.45) is 0. The van der Waals surface area contributed by atoms with Crippen molar-refractivity contribution in [3.05, 3.63) is 52.6 Å². The molecule has 0 radical (unpaired) electrons. The zero-order valence-electron chi connectivity index (χ0n) is 13.4. The summed E-state index contributed by atoms with van der Waals surface area (Å²) >= 11 is 0. The Morgan fingerprint density at radius 3 is 2.28 bits per heavy atom. The van der Waals surface area contributed by atoms with Crippen LogP contribution in [0, 0.1) is 22.7 Å². The van der Waals surface area contributed by atoms with E-state index >= 15 is 0 Å². The lowest BCUT2D eigenvalue weighted by atomic mass is 10.0. The Morgan fingerprint density at radius 1 is 0.920 bits per heavy atom. The van der Waals surface area contributed by atoms with E-state index < -0.39 is 11.9 Å². The van der Waals surface area contributed by atoms with Crippen molar-refractivity contribution in [3.8, 4) is 23.6 Å². The van der Waals surface area contributed by atoms with Gasteiger partial charge >= 0.3 is 11.9 Å². The summed E-state index contributed by atoms with van der Waals surface area (Å²) in [6.45, 7) is 0. The molecule has 0 saturated heterocycles. The highest BCUT2D eigenvalue weighted by Crippen LogP contribution is 2.33. The van der Waals surface area contributed by atoms with Crippen molar-refractivity contribution in [1.29, 1.82) is 10.5 Å². The Hall–Kier alpha value is -3.84. The molecule has 0 aromatic heterocycles. The molecule has 7 heteroatoms. The number of rotatable bonds is 1. The predicted molar refractivity (Wildman–Crippen MR) is 86.6 cm³/mol. The molecule has 1 aliphatic rings. The van der Waals surface area contributed by atoms with Gasteiger partial charge in [0.2, 0.25) is 0 Å². The molecule has 1 aliphatic heterocycles. The minimum atomic E-state index is -0.812. The number of anilines is 1. The van der Waals surface area contributed by atoms with Crippen LogP contribution in [-0.4, -0.2) is 26.0 Å². The van der Waals surface area contributed by atoms with Crippen molar-refractivity contribution in [1.82, 2.24) is 0 Å². The number of esters is 2. The SMILES string of the molecule is CN(C)c1ccc2c(c1)OC(=O)c1cc(C#N)cc(C#N)c1OC2=O. The maximum atomic E-state index is 12.5. The molecular formula is C18H11N3O4. The van der Waals surface area contributed by atoms with Gasteiger partial charge in [-0.15, -0.1) is 0 Å². The van der Waals surface area contributed by atoms with Crippen molar-refractivity contribution in [2.45, 2.75) is 0 Å².